The first-order valence-electron chi connectivity index (χ1n) is 8.16. The molecule has 4 rings (SSSR count). The van der Waals surface area contributed by atoms with Crippen molar-refractivity contribution in [2.75, 3.05) is 0 Å². The summed E-state index contributed by atoms with van der Waals surface area (Å²) in [4.78, 5) is 2.36. The van der Waals surface area contributed by atoms with Gasteiger partial charge in [0.15, 0.2) is 0 Å². The summed E-state index contributed by atoms with van der Waals surface area (Å²) in [5.41, 5.74) is 9.25. The summed E-state index contributed by atoms with van der Waals surface area (Å²) in [6.07, 6.45) is 9.12. The van der Waals surface area contributed by atoms with Gasteiger partial charge >= 0.3 is 0 Å². The molecule has 1 nitrogen and oxygen atoms in total. The zero-order valence-electron chi connectivity index (χ0n) is 13.9. The fourth-order valence-electron chi connectivity index (χ4n) is 3.68. The van der Waals surface area contributed by atoms with Crippen LogP contribution in [0, 0.1) is 13.8 Å². The Bertz CT molecular complexity index is 847. The second-order valence-electron chi connectivity index (χ2n) is 6.58. The maximum absolute atomic E-state index is 2.39. The number of benzene rings is 2. The first-order valence-corrected chi connectivity index (χ1v) is 8.16. The molecule has 23 heavy (non-hydrogen) atoms. The number of hydrogen-bond donors (Lipinski definition) is 0. The molecule has 0 radical (unpaired) electrons. The van der Waals surface area contributed by atoms with Crippen LogP contribution in [0.5, 0.6) is 0 Å². The highest BCUT2D eigenvalue weighted by molar-refractivity contribution is 5.77. The minimum atomic E-state index is 0.289. The molecule has 0 fully saturated rings. The van der Waals surface area contributed by atoms with Crippen LogP contribution >= 0.6 is 0 Å². The van der Waals surface area contributed by atoms with Crippen LogP contribution in [0.2, 0.25) is 0 Å². The van der Waals surface area contributed by atoms with Crippen molar-refractivity contribution in [2.24, 2.45) is 0 Å². The quantitative estimate of drug-likeness (QED) is 0.659. The summed E-state index contributed by atoms with van der Waals surface area (Å²) in [6, 6.07) is 15.8. The van der Waals surface area contributed by atoms with Crippen molar-refractivity contribution in [1.29, 1.82) is 0 Å². The second-order valence-corrected chi connectivity index (χ2v) is 6.58. The predicted octanol–water partition coefficient (Wildman–Crippen LogP) is 5.63. The molecule has 2 aliphatic heterocycles. The first-order chi connectivity index (χ1) is 11.1. The Kier molecular flexibility index (Phi) is 3.23. The number of allylic oxidation sites excluding steroid dienone is 3. The standard InChI is InChI=1S/C22H21N/c1-15-10-16(2)12-20(11-15)18-8-9-23-17(3)13-19-6-4-5-7-21(19)22(23)14-18/h4-14,22H,1-3H3. The van der Waals surface area contributed by atoms with Gasteiger partial charge in [-0.1, -0.05) is 53.6 Å². The van der Waals surface area contributed by atoms with Gasteiger partial charge in [0, 0.05) is 11.9 Å². The average molecular weight is 299 g/mol. The Morgan fingerprint density at radius 3 is 2.43 bits per heavy atom. The number of hydrogen-bond acceptors (Lipinski definition) is 1. The van der Waals surface area contributed by atoms with E-state index in [0.717, 1.165) is 0 Å². The lowest BCUT2D eigenvalue weighted by Gasteiger charge is -2.37. The van der Waals surface area contributed by atoms with E-state index in [1.54, 1.807) is 0 Å². The molecule has 1 unspecified atom stereocenters. The van der Waals surface area contributed by atoms with E-state index in [-0.39, 0.29) is 6.04 Å². The molecular formula is C22H21N. The van der Waals surface area contributed by atoms with Gasteiger partial charge in [-0.2, -0.15) is 0 Å². The summed E-state index contributed by atoms with van der Waals surface area (Å²) in [7, 11) is 0. The Labute approximate surface area is 138 Å². The van der Waals surface area contributed by atoms with E-state index < -0.39 is 0 Å². The van der Waals surface area contributed by atoms with Crippen LogP contribution in [-0.4, -0.2) is 4.90 Å². The van der Waals surface area contributed by atoms with E-state index in [1.807, 2.05) is 0 Å². The third-order valence-electron chi connectivity index (χ3n) is 4.69. The summed E-state index contributed by atoms with van der Waals surface area (Å²) in [5.74, 6) is 0. The highest BCUT2D eigenvalue weighted by atomic mass is 15.2. The lowest BCUT2D eigenvalue weighted by molar-refractivity contribution is 0.397. The van der Waals surface area contributed by atoms with Crippen LogP contribution in [0.25, 0.3) is 11.6 Å². The van der Waals surface area contributed by atoms with Crippen LogP contribution in [0.4, 0.5) is 0 Å². The minimum absolute atomic E-state index is 0.289. The summed E-state index contributed by atoms with van der Waals surface area (Å²) in [5, 5.41) is 0. The van der Waals surface area contributed by atoms with Crippen molar-refractivity contribution in [2.45, 2.75) is 26.8 Å². The monoisotopic (exact) mass is 299 g/mol. The van der Waals surface area contributed by atoms with Gasteiger partial charge in [0.2, 0.25) is 0 Å². The summed E-state index contributed by atoms with van der Waals surface area (Å²) in [6.45, 7) is 6.51. The van der Waals surface area contributed by atoms with Crippen LogP contribution in [0.3, 0.4) is 0 Å². The third kappa shape index (κ3) is 2.43. The Morgan fingerprint density at radius 1 is 0.913 bits per heavy atom. The van der Waals surface area contributed by atoms with E-state index in [1.165, 1.54) is 39.1 Å². The van der Waals surface area contributed by atoms with E-state index in [9.17, 15) is 0 Å². The van der Waals surface area contributed by atoms with Crippen LogP contribution < -0.4 is 0 Å². The molecule has 0 spiro atoms. The normalized spacial score (nSPS) is 18.9. The van der Waals surface area contributed by atoms with E-state index in [0.29, 0.717) is 0 Å². The van der Waals surface area contributed by atoms with Gasteiger partial charge in [-0.15, -0.1) is 0 Å². The number of fused-ring (bicyclic) bond motifs is 3. The highest BCUT2D eigenvalue weighted by Gasteiger charge is 2.26. The fourth-order valence-corrected chi connectivity index (χ4v) is 3.68. The largest absolute Gasteiger partial charge is 0.341 e. The maximum Gasteiger partial charge on any atom is 0.0781 e. The summed E-state index contributed by atoms with van der Waals surface area (Å²) >= 11 is 0. The minimum Gasteiger partial charge on any atom is -0.341 e. The molecule has 0 bridgehead atoms. The van der Waals surface area contributed by atoms with Crippen molar-refractivity contribution < 1.29 is 0 Å². The highest BCUT2D eigenvalue weighted by Crippen LogP contribution is 2.39. The SMILES string of the molecule is CC1=Cc2ccccc2C2C=C(c3cc(C)cc(C)c3)C=CN12. The van der Waals surface area contributed by atoms with Crippen LogP contribution in [0.1, 0.15) is 40.8 Å². The Balaban J connectivity index is 1.82. The molecule has 0 amide bonds. The molecule has 2 aromatic rings. The van der Waals surface area contributed by atoms with Crippen molar-refractivity contribution >= 4 is 11.6 Å². The molecule has 0 saturated carbocycles. The van der Waals surface area contributed by atoms with Crippen LogP contribution in [-0.2, 0) is 0 Å². The first kappa shape index (κ1) is 14.1. The molecule has 1 heteroatoms. The van der Waals surface area contributed by atoms with E-state index in [2.05, 4.69) is 92.6 Å². The zero-order chi connectivity index (χ0) is 16.0. The number of nitrogens with zero attached hydrogens (tertiary/aromatic N) is 1. The topological polar surface area (TPSA) is 3.24 Å². The number of rotatable bonds is 1. The average Bonchev–Trinajstić information content (AvgIpc) is 2.54. The number of aryl methyl sites for hydroxylation is 2. The van der Waals surface area contributed by atoms with Crippen molar-refractivity contribution in [3.8, 4) is 0 Å². The molecule has 2 heterocycles. The smallest absolute Gasteiger partial charge is 0.0781 e. The Morgan fingerprint density at radius 2 is 1.65 bits per heavy atom. The van der Waals surface area contributed by atoms with Gasteiger partial charge in [0.1, 0.15) is 0 Å². The van der Waals surface area contributed by atoms with Gasteiger partial charge in [-0.05, 0) is 61.3 Å². The lowest BCUT2D eigenvalue weighted by atomic mass is 9.89. The van der Waals surface area contributed by atoms with Crippen molar-refractivity contribution in [3.63, 3.8) is 0 Å². The van der Waals surface area contributed by atoms with Crippen LogP contribution in [0.15, 0.2) is 66.5 Å². The molecule has 0 N–H and O–H groups in total. The van der Waals surface area contributed by atoms with Crippen molar-refractivity contribution in [1.82, 2.24) is 4.90 Å². The van der Waals surface area contributed by atoms with Gasteiger partial charge in [0.25, 0.3) is 0 Å². The zero-order valence-corrected chi connectivity index (χ0v) is 13.9. The summed E-state index contributed by atoms with van der Waals surface area (Å²) < 4.78 is 0. The molecule has 2 aliphatic rings. The van der Waals surface area contributed by atoms with Crippen molar-refractivity contribution in [3.05, 3.63) is 94.3 Å². The predicted molar refractivity (Wildman–Crippen MR) is 97.7 cm³/mol. The van der Waals surface area contributed by atoms with Gasteiger partial charge in [-0.25, -0.2) is 0 Å². The molecule has 0 aliphatic carbocycles. The third-order valence-corrected chi connectivity index (χ3v) is 4.69. The maximum atomic E-state index is 2.39. The molecule has 1 atom stereocenters. The molecule has 114 valence electrons. The van der Waals surface area contributed by atoms with Gasteiger partial charge in [-0.3, -0.25) is 0 Å². The Hall–Kier alpha value is -2.54. The van der Waals surface area contributed by atoms with Gasteiger partial charge < -0.3 is 4.90 Å². The molecule has 0 aromatic heterocycles. The molecule has 0 saturated heterocycles. The fraction of sp³-hybridized carbons (Fsp3) is 0.182. The van der Waals surface area contributed by atoms with E-state index >= 15 is 0 Å². The molecular weight excluding hydrogens is 278 g/mol. The van der Waals surface area contributed by atoms with Gasteiger partial charge in [0.05, 0.1) is 6.04 Å². The van der Waals surface area contributed by atoms with E-state index in [4.69, 9.17) is 0 Å². The molecule has 2 aromatic carbocycles. The second kappa shape index (κ2) is 5.27. The lowest BCUT2D eigenvalue weighted by Crippen LogP contribution is -2.26.